The van der Waals surface area contributed by atoms with E-state index in [1.165, 1.54) is 28.2 Å². The zero-order valence-corrected chi connectivity index (χ0v) is 19.8. The van der Waals surface area contributed by atoms with Crippen LogP contribution in [0.15, 0.2) is 54.6 Å². The predicted octanol–water partition coefficient (Wildman–Crippen LogP) is 4.79. The molecule has 1 fully saturated rings. The van der Waals surface area contributed by atoms with Crippen molar-refractivity contribution in [2.75, 3.05) is 18.0 Å². The number of nitrogens with zero attached hydrogens (tertiary/aromatic N) is 3. The summed E-state index contributed by atoms with van der Waals surface area (Å²) in [5.41, 5.74) is 3.82. The van der Waals surface area contributed by atoms with Crippen molar-refractivity contribution in [1.29, 1.82) is 0 Å². The third-order valence-electron chi connectivity index (χ3n) is 6.17. The fourth-order valence-corrected chi connectivity index (χ4v) is 4.86. The van der Waals surface area contributed by atoms with Crippen molar-refractivity contribution in [2.45, 2.75) is 52.0 Å². The summed E-state index contributed by atoms with van der Waals surface area (Å²) >= 11 is 1.47. The molecular weight excluding hydrogens is 416 g/mol. The van der Waals surface area contributed by atoms with Gasteiger partial charge in [0.2, 0.25) is 11.0 Å². The maximum Gasteiger partial charge on any atom is 0.223 e. The number of aryl methyl sites for hydroxylation is 2. The van der Waals surface area contributed by atoms with Gasteiger partial charge in [-0.1, -0.05) is 60.2 Å². The topological polar surface area (TPSA) is 58.1 Å². The first-order valence-corrected chi connectivity index (χ1v) is 12.3. The number of benzene rings is 2. The normalized spacial score (nSPS) is 15.5. The van der Waals surface area contributed by atoms with E-state index in [2.05, 4.69) is 77.0 Å². The Bertz CT molecular complexity index is 994. The van der Waals surface area contributed by atoms with Gasteiger partial charge in [0.25, 0.3) is 0 Å². The number of amides is 1. The van der Waals surface area contributed by atoms with E-state index in [9.17, 15) is 4.79 Å². The number of anilines is 1. The number of aromatic nitrogens is 2. The van der Waals surface area contributed by atoms with Crippen molar-refractivity contribution >= 4 is 22.6 Å². The highest BCUT2D eigenvalue weighted by atomic mass is 32.1. The average molecular weight is 449 g/mol. The van der Waals surface area contributed by atoms with E-state index in [1.54, 1.807) is 0 Å². The van der Waals surface area contributed by atoms with Crippen LogP contribution in [-0.2, 0) is 17.6 Å². The summed E-state index contributed by atoms with van der Waals surface area (Å²) in [4.78, 5) is 19.8. The van der Waals surface area contributed by atoms with Crippen LogP contribution in [0.25, 0.3) is 0 Å². The summed E-state index contributed by atoms with van der Waals surface area (Å²) < 4.78 is 4.56. The Labute approximate surface area is 195 Å². The highest BCUT2D eigenvalue weighted by Gasteiger charge is 2.27. The zero-order valence-electron chi connectivity index (χ0n) is 19.0. The second-order valence-corrected chi connectivity index (χ2v) is 9.58. The third-order valence-corrected chi connectivity index (χ3v) is 6.99. The van der Waals surface area contributed by atoms with Crippen LogP contribution < -0.4 is 10.2 Å². The van der Waals surface area contributed by atoms with Gasteiger partial charge in [0.05, 0.1) is 0 Å². The minimum Gasteiger partial charge on any atom is -0.353 e. The van der Waals surface area contributed by atoms with Crippen molar-refractivity contribution in [3.63, 3.8) is 0 Å². The van der Waals surface area contributed by atoms with E-state index in [0.29, 0.717) is 0 Å². The zero-order chi connectivity index (χ0) is 22.3. The molecule has 168 valence electrons. The Balaban J connectivity index is 1.22. The van der Waals surface area contributed by atoms with E-state index >= 15 is 0 Å². The van der Waals surface area contributed by atoms with Crippen molar-refractivity contribution in [2.24, 2.45) is 5.92 Å². The molecule has 1 aliphatic heterocycles. The van der Waals surface area contributed by atoms with Gasteiger partial charge in [-0.25, -0.2) is 4.98 Å². The lowest BCUT2D eigenvalue weighted by Gasteiger charge is -2.31. The molecule has 1 aliphatic rings. The Morgan fingerprint density at radius 3 is 2.53 bits per heavy atom. The van der Waals surface area contributed by atoms with Crippen LogP contribution >= 0.6 is 11.5 Å². The molecule has 1 N–H and O–H groups in total. The molecule has 0 radical (unpaired) electrons. The molecule has 4 rings (SSSR count). The van der Waals surface area contributed by atoms with E-state index in [4.69, 9.17) is 4.98 Å². The van der Waals surface area contributed by atoms with Gasteiger partial charge in [-0.15, -0.1) is 0 Å². The second-order valence-electron chi connectivity index (χ2n) is 8.85. The Kier molecular flexibility index (Phi) is 7.53. The number of carbonyl (C=O) groups excluding carboxylic acids is 1. The Morgan fingerprint density at radius 2 is 1.81 bits per heavy atom. The molecular formula is C26H32N4OS. The molecule has 0 aliphatic carbocycles. The van der Waals surface area contributed by atoms with Gasteiger partial charge in [0.15, 0.2) is 0 Å². The minimum atomic E-state index is 0.0883. The van der Waals surface area contributed by atoms with Crippen LogP contribution in [0.1, 0.15) is 48.7 Å². The van der Waals surface area contributed by atoms with E-state index in [1.807, 2.05) is 6.07 Å². The molecule has 1 saturated heterocycles. The van der Waals surface area contributed by atoms with Crippen LogP contribution in [0.5, 0.6) is 0 Å². The van der Waals surface area contributed by atoms with Crippen molar-refractivity contribution in [3.8, 4) is 0 Å². The smallest absolute Gasteiger partial charge is 0.223 e. The molecule has 1 amide bonds. The van der Waals surface area contributed by atoms with E-state index < -0.39 is 0 Å². The number of nitrogens with one attached hydrogen (secondary N) is 1. The lowest BCUT2D eigenvalue weighted by molar-refractivity contribution is -0.126. The summed E-state index contributed by atoms with van der Waals surface area (Å²) in [6.07, 6.45) is 4.44. The van der Waals surface area contributed by atoms with E-state index in [-0.39, 0.29) is 17.9 Å². The molecule has 2 heterocycles. The van der Waals surface area contributed by atoms with Crippen molar-refractivity contribution < 1.29 is 4.79 Å². The first-order chi connectivity index (χ1) is 15.6. The molecule has 1 atom stereocenters. The quantitative estimate of drug-likeness (QED) is 0.538. The summed E-state index contributed by atoms with van der Waals surface area (Å²) in [5.74, 6) is 1.16. The lowest BCUT2D eigenvalue weighted by Crippen LogP contribution is -2.43. The monoisotopic (exact) mass is 448 g/mol. The number of piperidine rings is 1. The molecule has 0 saturated carbocycles. The number of hydrogen-bond acceptors (Lipinski definition) is 5. The van der Waals surface area contributed by atoms with Gasteiger partial charge in [-0.3, -0.25) is 4.79 Å². The van der Waals surface area contributed by atoms with Crippen LogP contribution in [0.4, 0.5) is 5.13 Å². The fourth-order valence-electron chi connectivity index (χ4n) is 4.13. The van der Waals surface area contributed by atoms with Crippen LogP contribution in [0.3, 0.4) is 0 Å². The fraction of sp³-hybridized carbons (Fsp3) is 0.423. The second kappa shape index (κ2) is 10.7. The van der Waals surface area contributed by atoms with Crippen molar-refractivity contribution in [3.05, 3.63) is 77.1 Å². The maximum absolute atomic E-state index is 12.7. The van der Waals surface area contributed by atoms with Gasteiger partial charge >= 0.3 is 0 Å². The van der Waals surface area contributed by atoms with Crippen molar-refractivity contribution in [1.82, 2.24) is 14.7 Å². The molecule has 0 spiro atoms. The molecule has 1 unspecified atom stereocenters. The summed E-state index contributed by atoms with van der Waals surface area (Å²) in [5, 5.41) is 4.20. The highest BCUT2D eigenvalue weighted by Crippen LogP contribution is 2.25. The molecule has 32 heavy (non-hydrogen) atoms. The van der Waals surface area contributed by atoms with Crippen LogP contribution in [-0.4, -0.2) is 34.4 Å². The van der Waals surface area contributed by atoms with Gasteiger partial charge in [0, 0.05) is 43.0 Å². The van der Waals surface area contributed by atoms with Gasteiger partial charge in [0.1, 0.15) is 5.82 Å². The number of carbonyl (C=O) groups is 1. The third kappa shape index (κ3) is 6.16. The predicted molar refractivity (Wildman–Crippen MR) is 131 cm³/mol. The summed E-state index contributed by atoms with van der Waals surface area (Å²) in [7, 11) is 0. The molecule has 3 aromatic rings. The molecule has 6 heteroatoms. The first kappa shape index (κ1) is 22.5. The largest absolute Gasteiger partial charge is 0.353 e. The molecule has 1 aromatic heterocycles. The molecule has 2 aromatic carbocycles. The highest BCUT2D eigenvalue weighted by molar-refractivity contribution is 7.09. The number of rotatable bonds is 8. The van der Waals surface area contributed by atoms with Crippen LogP contribution in [0.2, 0.25) is 0 Å². The first-order valence-electron chi connectivity index (χ1n) is 11.5. The summed E-state index contributed by atoms with van der Waals surface area (Å²) in [6.45, 7) is 5.91. The standard InChI is InChI=1S/C26H32N4OS/c1-19-8-11-22(12-9-19)18-24-28-26(32-29-24)30-16-14-23(15-17-30)25(31)27-20(2)10-13-21-6-4-3-5-7-21/h3-9,11-12,20,23H,10,13-18H2,1-2H3,(H,27,31). The summed E-state index contributed by atoms with van der Waals surface area (Å²) in [6, 6.07) is 19.2. The Hall–Kier alpha value is -2.73. The molecule has 5 nitrogen and oxygen atoms in total. The maximum atomic E-state index is 12.7. The Morgan fingerprint density at radius 1 is 1.09 bits per heavy atom. The average Bonchev–Trinajstić information content (AvgIpc) is 3.28. The van der Waals surface area contributed by atoms with Gasteiger partial charge in [-0.05, 0) is 50.7 Å². The SMILES string of the molecule is Cc1ccc(Cc2nsc(N3CCC(C(=O)NC(C)CCc4ccccc4)CC3)n2)cc1. The lowest BCUT2D eigenvalue weighted by atomic mass is 9.95. The van der Waals surface area contributed by atoms with Gasteiger partial charge in [-0.2, -0.15) is 4.37 Å². The van der Waals surface area contributed by atoms with Crippen LogP contribution in [0, 0.1) is 12.8 Å². The minimum absolute atomic E-state index is 0.0883. The van der Waals surface area contributed by atoms with Gasteiger partial charge < -0.3 is 10.2 Å². The molecule has 0 bridgehead atoms. The van der Waals surface area contributed by atoms with E-state index in [0.717, 1.165) is 56.1 Å². The number of hydrogen-bond donors (Lipinski definition) is 1.